The standard InChI is InChI=1S/C11H9F2N3O/c1-16-9(5-6-14-16)15-11(17)7-3-2-4-8(12)10(7)13/h2-6H,1H3,(H,15,17). The van der Waals surface area contributed by atoms with E-state index in [1.165, 1.54) is 23.0 Å². The fourth-order valence-electron chi connectivity index (χ4n) is 1.36. The number of anilines is 1. The SMILES string of the molecule is Cn1nccc1NC(=O)c1cccc(F)c1F. The van der Waals surface area contributed by atoms with Crippen LogP contribution >= 0.6 is 0 Å². The average molecular weight is 237 g/mol. The lowest BCUT2D eigenvalue weighted by molar-refractivity contribution is 0.102. The number of hydrogen-bond acceptors (Lipinski definition) is 2. The molecule has 0 aliphatic heterocycles. The van der Waals surface area contributed by atoms with Crippen molar-refractivity contribution in [2.24, 2.45) is 7.05 Å². The van der Waals surface area contributed by atoms with Crippen LogP contribution in [0.25, 0.3) is 0 Å². The van der Waals surface area contributed by atoms with Crippen LogP contribution < -0.4 is 5.32 Å². The molecule has 0 atom stereocenters. The Morgan fingerprint density at radius 2 is 2.12 bits per heavy atom. The van der Waals surface area contributed by atoms with Gasteiger partial charge in [-0.05, 0) is 12.1 Å². The monoisotopic (exact) mass is 237 g/mol. The van der Waals surface area contributed by atoms with Crippen molar-refractivity contribution in [3.63, 3.8) is 0 Å². The summed E-state index contributed by atoms with van der Waals surface area (Å²) in [4.78, 5) is 11.7. The van der Waals surface area contributed by atoms with Crippen molar-refractivity contribution in [3.8, 4) is 0 Å². The number of carbonyl (C=O) groups excluding carboxylic acids is 1. The third kappa shape index (κ3) is 2.15. The number of carbonyl (C=O) groups is 1. The summed E-state index contributed by atoms with van der Waals surface area (Å²) in [6, 6.07) is 4.99. The molecule has 0 bridgehead atoms. The minimum atomic E-state index is -1.16. The molecular weight excluding hydrogens is 228 g/mol. The first-order valence-electron chi connectivity index (χ1n) is 4.83. The highest BCUT2D eigenvalue weighted by Gasteiger charge is 2.15. The van der Waals surface area contributed by atoms with E-state index in [1.54, 1.807) is 13.1 Å². The summed E-state index contributed by atoms with van der Waals surface area (Å²) in [5.74, 6) is -2.53. The number of rotatable bonds is 2. The van der Waals surface area contributed by atoms with Gasteiger partial charge in [0.25, 0.3) is 5.91 Å². The summed E-state index contributed by atoms with van der Waals surface area (Å²) >= 11 is 0. The van der Waals surface area contributed by atoms with Gasteiger partial charge in [-0.3, -0.25) is 9.48 Å². The zero-order chi connectivity index (χ0) is 12.4. The molecular formula is C11H9F2N3O. The molecule has 17 heavy (non-hydrogen) atoms. The number of aryl methyl sites for hydroxylation is 1. The fourth-order valence-corrected chi connectivity index (χ4v) is 1.36. The molecule has 2 rings (SSSR count). The van der Waals surface area contributed by atoms with Crippen molar-refractivity contribution in [2.45, 2.75) is 0 Å². The Balaban J connectivity index is 2.27. The molecule has 4 nitrogen and oxygen atoms in total. The summed E-state index contributed by atoms with van der Waals surface area (Å²) in [6.45, 7) is 0. The van der Waals surface area contributed by atoms with Gasteiger partial charge >= 0.3 is 0 Å². The van der Waals surface area contributed by atoms with E-state index >= 15 is 0 Å². The minimum Gasteiger partial charge on any atom is -0.307 e. The molecule has 1 aromatic heterocycles. The van der Waals surface area contributed by atoms with Crippen molar-refractivity contribution in [1.29, 1.82) is 0 Å². The van der Waals surface area contributed by atoms with Crippen LogP contribution in [0.15, 0.2) is 30.5 Å². The summed E-state index contributed by atoms with van der Waals surface area (Å²) in [5.41, 5.74) is -0.341. The van der Waals surface area contributed by atoms with Gasteiger partial charge in [-0.1, -0.05) is 6.07 Å². The van der Waals surface area contributed by atoms with Crippen LogP contribution in [0.5, 0.6) is 0 Å². The maximum absolute atomic E-state index is 13.3. The molecule has 0 unspecified atom stereocenters. The highest BCUT2D eigenvalue weighted by molar-refractivity contribution is 6.03. The van der Waals surface area contributed by atoms with Crippen LogP contribution in [0, 0.1) is 11.6 Å². The molecule has 0 aliphatic carbocycles. The Kier molecular flexibility index (Phi) is 2.86. The van der Waals surface area contributed by atoms with Crippen LogP contribution in [-0.2, 0) is 7.05 Å². The lowest BCUT2D eigenvalue weighted by atomic mass is 10.2. The summed E-state index contributed by atoms with van der Waals surface area (Å²) in [6.07, 6.45) is 1.48. The molecule has 0 fully saturated rings. The lowest BCUT2D eigenvalue weighted by Crippen LogP contribution is -2.16. The van der Waals surface area contributed by atoms with E-state index in [9.17, 15) is 13.6 Å². The normalized spacial score (nSPS) is 10.3. The quantitative estimate of drug-likeness (QED) is 0.867. The van der Waals surface area contributed by atoms with Gasteiger partial charge < -0.3 is 5.32 Å². The number of halogens is 2. The van der Waals surface area contributed by atoms with Crippen LogP contribution in [0.3, 0.4) is 0 Å². The molecule has 0 spiro atoms. The number of aromatic nitrogens is 2. The van der Waals surface area contributed by atoms with Gasteiger partial charge in [0.2, 0.25) is 0 Å². The number of nitrogens with one attached hydrogen (secondary N) is 1. The van der Waals surface area contributed by atoms with Crippen LogP contribution in [0.2, 0.25) is 0 Å². The fraction of sp³-hybridized carbons (Fsp3) is 0.0909. The highest BCUT2D eigenvalue weighted by atomic mass is 19.2. The topological polar surface area (TPSA) is 46.9 Å². The molecule has 1 aromatic carbocycles. The van der Waals surface area contributed by atoms with E-state index in [0.29, 0.717) is 5.82 Å². The van der Waals surface area contributed by atoms with E-state index < -0.39 is 17.5 Å². The maximum Gasteiger partial charge on any atom is 0.259 e. The third-order valence-corrected chi connectivity index (χ3v) is 2.26. The summed E-state index contributed by atoms with van der Waals surface area (Å²) in [7, 11) is 1.62. The van der Waals surface area contributed by atoms with Crippen molar-refractivity contribution >= 4 is 11.7 Å². The Hall–Kier alpha value is -2.24. The highest BCUT2D eigenvalue weighted by Crippen LogP contribution is 2.13. The van der Waals surface area contributed by atoms with E-state index in [0.717, 1.165) is 6.07 Å². The average Bonchev–Trinajstić information content (AvgIpc) is 2.68. The van der Waals surface area contributed by atoms with Gasteiger partial charge in [-0.25, -0.2) is 8.78 Å². The van der Waals surface area contributed by atoms with Gasteiger partial charge in [0.1, 0.15) is 5.82 Å². The number of hydrogen-bond donors (Lipinski definition) is 1. The molecule has 6 heteroatoms. The summed E-state index contributed by atoms with van der Waals surface area (Å²) in [5, 5.41) is 6.27. The minimum absolute atomic E-state index is 0.341. The smallest absolute Gasteiger partial charge is 0.259 e. The molecule has 1 amide bonds. The van der Waals surface area contributed by atoms with Gasteiger partial charge in [0, 0.05) is 13.1 Å². The Bertz CT molecular complexity index is 566. The summed E-state index contributed by atoms with van der Waals surface area (Å²) < 4.78 is 27.7. The van der Waals surface area contributed by atoms with E-state index in [4.69, 9.17) is 0 Å². The first-order chi connectivity index (χ1) is 8.09. The Morgan fingerprint density at radius 1 is 1.35 bits per heavy atom. The van der Waals surface area contributed by atoms with E-state index in [1.807, 2.05) is 0 Å². The molecule has 0 saturated carbocycles. The second-order valence-electron chi connectivity index (χ2n) is 3.40. The van der Waals surface area contributed by atoms with Gasteiger partial charge in [-0.15, -0.1) is 0 Å². The molecule has 0 radical (unpaired) electrons. The zero-order valence-corrected chi connectivity index (χ0v) is 8.95. The van der Waals surface area contributed by atoms with E-state index in [-0.39, 0.29) is 5.56 Å². The van der Waals surface area contributed by atoms with Crippen LogP contribution in [0.1, 0.15) is 10.4 Å². The predicted molar refractivity (Wildman–Crippen MR) is 57.5 cm³/mol. The molecule has 1 N–H and O–H groups in total. The van der Waals surface area contributed by atoms with Crippen molar-refractivity contribution in [3.05, 3.63) is 47.7 Å². The predicted octanol–water partition coefficient (Wildman–Crippen LogP) is 1.95. The number of amides is 1. The van der Waals surface area contributed by atoms with Crippen molar-refractivity contribution in [2.75, 3.05) is 5.32 Å². The first kappa shape index (κ1) is 11.3. The zero-order valence-electron chi connectivity index (χ0n) is 8.95. The van der Waals surface area contributed by atoms with Gasteiger partial charge in [0.15, 0.2) is 11.6 Å². The molecule has 88 valence electrons. The molecule has 0 saturated heterocycles. The number of nitrogens with zero attached hydrogens (tertiary/aromatic N) is 2. The second-order valence-corrected chi connectivity index (χ2v) is 3.40. The molecule has 2 aromatic rings. The van der Waals surface area contributed by atoms with Crippen molar-refractivity contribution in [1.82, 2.24) is 9.78 Å². The Morgan fingerprint density at radius 3 is 2.76 bits per heavy atom. The molecule has 0 aliphatic rings. The largest absolute Gasteiger partial charge is 0.307 e. The van der Waals surface area contributed by atoms with Crippen LogP contribution in [-0.4, -0.2) is 15.7 Å². The molecule has 1 heterocycles. The second kappa shape index (κ2) is 4.32. The number of benzene rings is 1. The van der Waals surface area contributed by atoms with Crippen LogP contribution in [0.4, 0.5) is 14.6 Å². The van der Waals surface area contributed by atoms with Crippen molar-refractivity contribution < 1.29 is 13.6 Å². The Labute approximate surface area is 95.9 Å². The van der Waals surface area contributed by atoms with E-state index in [2.05, 4.69) is 10.4 Å². The van der Waals surface area contributed by atoms with Gasteiger partial charge in [0.05, 0.1) is 11.8 Å². The maximum atomic E-state index is 13.3. The first-order valence-corrected chi connectivity index (χ1v) is 4.83. The third-order valence-electron chi connectivity index (χ3n) is 2.26. The van der Waals surface area contributed by atoms with Gasteiger partial charge in [-0.2, -0.15) is 5.10 Å². The lowest BCUT2D eigenvalue weighted by Gasteiger charge is -2.06.